The zero-order chi connectivity index (χ0) is 24.2. The fourth-order valence-electron chi connectivity index (χ4n) is 3.41. The van der Waals surface area contributed by atoms with Gasteiger partial charge in [-0.1, -0.05) is 0 Å². The van der Waals surface area contributed by atoms with E-state index in [2.05, 4.69) is 25.1 Å². The monoisotopic (exact) mass is 490 g/mol. The average molecular weight is 490 g/mol. The van der Waals surface area contributed by atoms with Crippen LogP contribution in [0.2, 0.25) is 0 Å². The molecule has 0 radical (unpaired) electrons. The Balaban J connectivity index is 1.57. The minimum Gasteiger partial charge on any atom is -0.477 e. The molecule has 176 valence electrons. The van der Waals surface area contributed by atoms with Crippen LogP contribution in [0.15, 0.2) is 31.0 Å². The first-order valence-electron chi connectivity index (χ1n) is 10.1. The summed E-state index contributed by atoms with van der Waals surface area (Å²) in [5.74, 6) is -0.948. The van der Waals surface area contributed by atoms with Crippen LogP contribution in [0.4, 0.5) is 19.0 Å². The topological polar surface area (TPSA) is 138 Å². The molecule has 0 aliphatic heterocycles. The van der Waals surface area contributed by atoms with Gasteiger partial charge in [0.05, 0.1) is 28.3 Å². The fourth-order valence-corrected chi connectivity index (χ4v) is 4.34. The Morgan fingerprint density at radius 2 is 2.03 bits per heavy atom. The van der Waals surface area contributed by atoms with Crippen molar-refractivity contribution in [3.8, 4) is 27.1 Å². The molecular weight excluding hydrogens is 473 g/mol. The van der Waals surface area contributed by atoms with E-state index >= 15 is 0 Å². The van der Waals surface area contributed by atoms with Gasteiger partial charge in [-0.2, -0.15) is 13.2 Å². The van der Waals surface area contributed by atoms with Crippen molar-refractivity contribution in [3.63, 3.8) is 0 Å². The fraction of sp³-hybridized carbons (Fsp3) is 0.300. The van der Waals surface area contributed by atoms with Crippen LogP contribution in [-0.4, -0.2) is 51.5 Å². The third-order valence-corrected chi connectivity index (χ3v) is 6.56. The van der Waals surface area contributed by atoms with E-state index in [-0.39, 0.29) is 28.0 Å². The standard InChI is InChI=1S/C20H17F3N8O2S/c1-9(20(21,22)23)31-8-26-29-17(31)18-28-16(24)15(34-18)12-4-11(5-13(27-12)19(32)33)30-6-14(25-7-30)10-2-3-10/h4-10H,2-3,24H2,1H3,(H,32,33)/t9-/m0/s1. The number of carboxylic acid groups (broad SMARTS) is 1. The first kappa shape index (κ1) is 22.0. The van der Waals surface area contributed by atoms with Crippen LogP contribution >= 0.6 is 11.3 Å². The molecule has 1 atom stereocenters. The highest BCUT2D eigenvalue weighted by molar-refractivity contribution is 7.18. The van der Waals surface area contributed by atoms with Crippen LogP contribution in [0, 0.1) is 0 Å². The molecule has 0 aromatic carbocycles. The summed E-state index contributed by atoms with van der Waals surface area (Å²) < 4.78 is 42.3. The summed E-state index contributed by atoms with van der Waals surface area (Å²) >= 11 is 0.950. The molecular formula is C20H17F3N8O2S. The number of rotatable bonds is 6. The molecule has 14 heteroatoms. The van der Waals surface area contributed by atoms with Crippen LogP contribution in [0.1, 0.15) is 47.9 Å². The predicted molar refractivity (Wildman–Crippen MR) is 116 cm³/mol. The highest BCUT2D eigenvalue weighted by Crippen LogP contribution is 2.40. The van der Waals surface area contributed by atoms with Gasteiger partial charge in [-0.15, -0.1) is 21.5 Å². The number of nitrogen functional groups attached to an aromatic ring is 1. The van der Waals surface area contributed by atoms with Crippen molar-refractivity contribution in [2.75, 3.05) is 5.73 Å². The molecule has 5 rings (SSSR count). The second-order valence-electron chi connectivity index (χ2n) is 7.89. The normalized spacial score (nSPS) is 14.9. The lowest BCUT2D eigenvalue weighted by atomic mass is 10.2. The number of anilines is 1. The van der Waals surface area contributed by atoms with Crippen LogP contribution in [0.25, 0.3) is 27.1 Å². The van der Waals surface area contributed by atoms with Crippen molar-refractivity contribution < 1.29 is 23.1 Å². The van der Waals surface area contributed by atoms with Gasteiger partial charge in [-0.25, -0.2) is 19.7 Å². The Bertz CT molecular complexity index is 1390. The summed E-state index contributed by atoms with van der Waals surface area (Å²) in [6.45, 7) is 0.982. The minimum atomic E-state index is -4.51. The van der Waals surface area contributed by atoms with Gasteiger partial charge >= 0.3 is 12.1 Å². The molecule has 4 aromatic heterocycles. The second-order valence-corrected chi connectivity index (χ2v) is 8.89. The predicted octanol–water partition coefficient (Wildman–Crippen LogP) is 3.93. The van der Waals surface area contributed by atoms with Crippen molar-refractivity contribution in [3.05, 3.63) is 42.4 Å². The molecule has 34 heavy (non-hydrogen) atoms. The summed E-state index contributed by atoms with van der Waals surface area (Å²) in [6.07, 6.45) is 2.03. The number of imidazole rings is 1. The van der Waals surface area contributed by atoms with Gasteiger partial charge in [0, 0.05) is 12.1 Å². The Kier molecular flexibility index (Phi) is 5.11. The number of nitrogens with two attached hydrogens (primary N) is 1. The number of halogens is 3. The number of nitrogens with zero attached hydrogens (tertiary/aromatic N) is 7. The summed E-state index contributed by atoms with van der Waals surface area (Å²) in [5.41, 5.74) is 7.49. The summed E-state index contributed by atoms with van der Waals surface area (Å²) in [5, 5.41) is 17.0. The number of aromatic carboxylic acids is 1. The lowest BCUT2D eigenvalue weighted by Crippen LogP contribution is -2.23. The molecule has 1 saturated carbocycles. The molecule has 0 amide bonds. The molecule has 0 unspecified atom stereocenters. The second kappa shape index (κ2) is 7.90. The van der Waals surface area contributed by atoms with Crippen molar-refractivity contribution in [1.82, 2.24) is 34.3 Å². The molecule has 1 fully saturated rings. The number of alkyl halides is 3. The lowest BCUT2D eigenvalue weighted by molar-refractivity contribution is -0.162. The van der Waals surface area contributed by atoms with Crippen LogP contribution in [0.3, 0.4) is 0 Å². The minimum absolute atomic E-state index is 0.0144. The number of carbonyl (C=O) groups is 1. The molecule has 0 saturated heterocycles. The molecule has 4 aromatic rings. The molecule has 1 aliphatic rings. The van der Waals surface area contributed by atoms with E-state index in [4.69, 9.17) is 5.73 Å². The number of carboxylic acids is 1. The van der Waals surface area contributed by atoms with Gasteiger partial charge < -0.3 is 15.4 Å². The van der Waals surface area contributed by atoms with Crippen molar-refractivity contribution in [2.45, 2.75) is 37.9 Å². The van der Waals surface area contributed by atoms with Gasteiger partial charge in [0.25, 0.3) is 0 Å². The van der Waals surface area contributed by atoms with E-state index in [1.54, 1.807) is 17.0 Å². The van der Waals surface area contributed by atoms with Crippen LogP contribution in [0.5, 0.6) is 0 Å². The maximum Gasteiger partial charge on any atom is 0.408 e. The average Bonchev–Trinajstić information content (AvgIpc) is 3.18. The first-order valence-corrected chi connectivity index (χ1v) is 11.0. The van der Waals surface area contributed by atoms with Crippen molar-refractivity contribution >= 4 is 23.1 Å². The Morgan fingerprint density at radius 1 is 1.26 bits per heavy atom. The highest BCUT2D eigenvalue weighted by Gasteiger charge is 2.39. The van der Waals surface area contributed by atoms with Crippen LogP contribution in [-0.2, 0) is 0 Å². The van der Waals surface area contributed by atoms with Crippen LogP contribution < -0.4 is 5.73 Å². The summed E-state index contributed by atoms with van der Waals surface area (Å²) in [4.78, 5) is 24.7. The van der Waals surface area contributed by atoms with Gasteiger partial charge in [0.1, 0.15) is 18.2 Å². The van der Waals surface area contributed by atoms with Gasteiger partial charge in [0.2, 0.25) is 0 Å². The molecule has 1 aliphatic carbocycles. The molecule has 3 N–H and O–H groups in total. The number of thiazole rings is 1. The number of aromatic nitrogens is 7. The number of pyridine rings is 1. The number of hydrogen-bond acceptors (Lipinski definition) is 8. The van der Waals surface area contributed by atoms with E-state index in [0.29, 0.717) is 16.5 Å². The summed E-state index contributed by atoms with van der Waals surface area (Å²) in [6, 6.07) is 1.15. The first-order chi connectivity index (χ1) is 16.1. The Hall–Kier alpha value is -3.81. The highest BCUT2D eigenvalue weighted by atomic mass is 32.1. The van der Waals surface area contributed by atoms with E-state index in [0.717, 1.165) is 47.7 Å². The number of hydrogen-bond donors (Lipinski definition) is 2. The molecule has 10 nitrogen and oxygen atoms in total. The smallest absolute Gasteiger partial charge is 0.408 e. The summed E-state index contributed by atoms with van der Waals surface area (Å²) in [7, 11) is 0. The van der Waals surface area contributed by atoms with Crippen molar-refractivity contribution in [2.24, 2.45) is 0 Å². The Labute approximate surface area is 193 Å². The maximum atomic E-state index is 13.2. The van der Waals surface area contributed by atoms with Gasteiger partial charge in [-0.05, 0) is 31.9 Å². The largest absolute Gasteiger partial charge is 0.477 e. The SMILES string of the molecule is C[C@H](n1cnnc1-c1nc(N)c(-c2cc(-n3cnc(C4CC4)c3)cc(C(=O)O)n2)s1)C(F)(F)F. The molecule has 0 spiro atoms. The maximum absolute atomic E-state index is 13.2. The third kappa shape index (κ3) is 4.00. The zero-order valence-electron chi connectivity index (χ0n) is 17.6. The third-order valence-electron chi connectivity index (χ3n) is 5.47. The quantitative estimate of drug-likeness (QED) is 0.415. The lowest BCUT2D eigenvalue weighted by Gasteiger charge is -2.17. The molecule has 0 bridgehead atoms. The Morgan fingerprint density at radius 3 is 2.71 bits per heavy atom. The van der Waals surface area contributed by atoms with Crippen molar-refractivity contribution in [1.29, 1.82) is 0 Å². The van der Waals surface area contributed by atoms with E-state index in [1.165, 1.54) is 6.07 Å². The van der Waals surface area contributed by atoms with Gasteiger partial charge in [0.15, 0.2) is 16.5 Å². The molecule has 4 heterocycles. The van der Waals surface area contributed by atoms with E-state index < -0.39 is 18.2 Å². The van der Waals surface area contributed by atoms with E-state index in [1.807, 2.05) is 6.20 Å². The van der Waals surface area contributed by atoms with E-state index in [9.17, 15) is 23.1 Å². The van der Waals surface area contributed by atoms with Gasteiger partial charge in [-0.3, -0.25) is 4.57 Å². The zero-order valence-corrected chi connectivity index (χ0v) is 18.4.